The maximum atomic E-state index is 13.6. The molecule has 0 saturated carbocycles. The van der Waals surface area contributed by atoms with E-state index in [2.05, 4.69) is 5.10 Å². The Morgan fingerprint density at radius 2 is 1.72 bits per heavy atom. The highest BCUT2D eigenvalue weighted by atomic mass is 16.7. The first kappa shape index (κ1) is 22.8. The van der Waals surface area contributed by atoms with Crippen LogP contribution in [-0.2, 0) is 6.61 Å². The predicted molar refractivity (Wildman–Crippen MR) is 148 cm³/mol. The number of nitrogens with zero attached hydrogens (tertiary/aromatic N) is 3. The predicted octanol–water partition coefficient (Wildman–Crippen LogP) is 6.00. The van der Waals surface area contributed by atoms with E-state index >= 15 is 0 Å². The maximum absolute atomic E-state index is 13.6. The van der Waals surface area contributed by atoms with Gasteiger partial charge >= 0.3 is 0 Å². The van der Waals surface area contributed by atoms with Gasteiger partial charge in [0.05, 0.1) is 17.1 Å². The van der Waals surface area contributed by atoms with Crippen LogP contribution >= 0.6 is 0 Å². The van der Waals surface area contributed by atoms with E-state index in [9.17, 15) is 4.79 Å². The summed E-state index contributed by atoms with van der Waals surface area (Å²) in [6, 6.07) is 29.9. The second kappa shape index (κ2) is 9.50. The van der Waals surface area contributed by atoms with Crippen molar-refractivity contribution in [2.45, 2.75) is 6.61 Å². The van der Waals surface area contributed by atoms with E-state index in [-0.39, 0.29) is 12.4 Å². The topological polar surface area (TPSA) is 88.1 Å². The fraction of sp³-hybridized carbons (Fsp3) is 0.0645. The number of hydrogen-bond donors (Lipinski definition) is 0. The van der Waals surface area contributed by atoms with E-state index in [1.807, 2.05) is 78.9 Å². The Balaban J connectivity index is 1.26. The summed E-state index contributed by atoms with van der Waals surface area (Å²) in [5, 5.41) is 5.95. The molecule has 7 rings (SSSR count). The van der Waals surface area contributed by atoms with Crippen LogP contribution in [-0.4, -0.2) is 22.7 Å². The van der Waals surface area contributed by atoms with Gasteiger partial charge in [-0.25, -0.2) is 4.98 Å². The van der Waals surface area contributed by atoms with Crippen LogP contribution in [0.4, 0.5) is 0 Å². The fourth-order valence-corrected chi connectivity index (χ4v) is 4.51. The van der Waals surface area contributed by atoms with Crippen LogP contribution in [0.25, 0.3) is 33.5 Å². The number of rotatable bonds is 6. The number of ether oxygens (including phenoxy) is 3. The van der Waals surface area contributed by atoms with Crippen molar-refractivity contribution < 1.29 is 18.6 Å². The van der Waals surface area contributed by atoms with Gasteiger partial charge in [0, 0.05) is 10.9 Å². The van der Waals surface area contributed by atoms with Crippen molar-refractivity contribution in [2.24, 2.45) is 5.10 Å². The molecule has 6 aromatic rings. The van der Waals surface area contributed by atoms with Crippen LogP contribution in [0.3, 0.4) is 0 Å². The van der Waals surface area contributed by atoms with Crippen LogP contribution in [0.15, 0.2) is 111 Å². The van der Waals surface area contributed by atoms with Gasteiger partial charge in [-0.1, -0.05) is 48.5 Å². The van der Waals surface area contributed by atoms with Gasteiger partial charge < -0.3 is 18.6 Å². The molecule has 0 N–H and O–H groups in total. The van der Waals surface area contributed by atoms with Gasteiger partial charge in [-0.2, -0.15) is 9.78 Å². The van der Waals surface area contributed by atoms with Crippen molar-refractivity contribution in [3.05, 3.63) is 119 Å². The zero-order valence-electron chi connectivity index (χ0n) is 20.6. The lowest BCUT2D eigenvalue weighted by molar-refractivity contribution is 0.174. The van der Waals surface area contributed by atoms with Crippen LogP contribution in [0, 0.1) is 0 Å². The van der Waals surface area contributed by atoms with Crippen LogP contribution in [0.5, 0.6) is 17.2 Å². The molecule has 190 valence electrons. The molecule has 8 heteroatoms. The third-order valence-electron chi connectivity index (χ3n) is 6.46. The number of benzene rings is 4. The lowest BCUT2D eigenvalue weighted by atomic mass is 10.2. The van der Waals surface area contributed by atoms with E-state index in [4.69, 9.17) is 23.6 Å². The van der Waals surface area contributed by atoms with Gasteiger partial charge in [0.1, 0.15) is 17.9 Å². The van der Waals surface area contributed by atoms with E-state index in [1.165, 1.54) is 4.68 Å². The van der Waals surface area contributed by atoms with Gasteiger partial charge in [0.25, 0.3) is 5.56 Å². The fourth-order valence-electron chi connectivity index (χ4n) is 4.51. The second-order valence-electron chi connectivity index (χ2n) is 8.98. The summed E-state index contributed by atoms with van der Waals surface area (Å²) in [6.07, 6.45) is 1.60. The van der Waals surface area contributed by atoms with Crippen molar-refractivity contribution >= 4 is 28.1 Å². The monoisotopic (exact) mass is 515 g/mol. The highest BCUT2D eigenvalue weighted by molar-refractivity contribution is 5.86. The van der Waals surface area contributed by atoms with Crippen LogP contribution < -0.4 is 19.8 Å². The summed E-state index contributed by atoms with van der Waals surface area (Å²) >= 11 is 0. The minimum Gasteiger partial charge on any atom is -0.488 e. The summed E-state index contributed by atoms with van der Waals surface area (Å²) < 4.78 is 24.3. The first-order valence-corrected chi connectivity index (χ1v) is 12.4. The third-order valence-corrected chi connectivity index (χ3v) is 6.46. The molecule has 1 aliphatic rings. The van der Waals surface area contributed by atoms with E-state index in [0.717, 1.165) is 16.7 Å². The molecular weight excluding hydrogens is 494 g/mol. The zero-order chi connectivity index (χ0) is 26.2. The Morgan fingerprint density at radius 3 is 2.67 bits per heavy atom. The molecular formula is C31H21N3O5. The van der Waals surface area contributed by atoms with Crippen molar-refractivity contribution in [1.29, 1.82) is 0 Å². The third kappa shape index (κ3) is 4.27. The second-order valence-corrected chi connectivity index (χ2v) is 8.98. The molecule has 8 nitrogen and oxygen atoms in total. The molecule has 1 aliphatic heterocycles. The first-order valence-electron chi connectivity index (χ1n) is 12.4. The van der Waals surface area contributed by atoms with E-state index in [1.54, 1.807) is 24.4 Å². The molecule has 0 unspecified atom stereocenters. The molecule has 2 aromatic heterocycles. The highest BCUT2D eigenvalue weighted by Gasteiger charge is 2.17. The largest absolute Gasteiger partial charge is 0.488 e. The number of fused-ring (bicyclic) bond motifs is 3. The summed E-state index contributed by atoms with van der Waals surface area (Å²) in [4.78, 5) is 18.3. The SMILES string of the molecule is O=c1c2ccccc2nc(-c2cc3ccccc3o2)n1N=Cc1ccccc1OCc1ccc2c(c1)OCO2. The molecule has 0 amide bonds. The van der Waals surface area contributed by atoms with Crippen molar-refractivity contribution in [3.8, 4) is 28.8 Å². The molecule has 4 aromatic carbocycles. The molecule has 0 bridgehead atoms. The summed E-state index contributed by atoms with van der Waals surface area (Å²) in [5.74, 6) is 2.80. The van der Waals surface area contributed by atoms with Gasteiger partial charge in [0.2, 0.25) is 12.6 Å². The van der Waals surface area contributed by atoms with Crippen molar-refractivity contribution in [3.63, 3.8) is 0 Å². The van der Waals surface area contributed by atoms with Crippen molar-refractivity contribution in [1.82, 2.24) is 9.66 Å². The minimum atomic E-state index is -0.300. The van der Waals surface area contributed by atoms with Crippen LogP contribution in [0.1, 0.15) is 11.1 Å². The number of para-hydroxylation sites is 3. The Kier molecular flexibility index (Phi) is 5.55. The van der Waals surface area contributed by atoms with Gasteiger partial charge in [0.15, 0.2) is 17.3 Å². The van der Waals surface area contributed by atoms with Gasteiger partial charge in [-0.3, -0.25) is 4.79 Å². The standard InChI is InChI=1S/C31H21N3O5/c35-31-23-9-3-4-10-24(23)33-30(29-16-21-7-1-6-12-26(21)39-29)34(31)32-17-22-8-2-5-11-25(22)36-18-20-13-14-27-28(15-20)38-19-37-27/h1-17H,18-19H2. The van der Waals surface area contributed by atoms with E-state index in [0.29, 0.717) is 51.7 Å². The molecule has 0 spiro atoms. The molecule has 0 aliphatic carbocycles. The normalized spacial score (nSPS) is 12.5. The summed E-state index contributed by atoms with van der Waals surface area (Å²) in [6.45, 7) is 0.543. The zero-order valence-corrected chi connectivity index (χ0v) is 20.6. The average molecular weight is 516 g/mol. The van der Waals surface area contributed by atoms with Gasteiger partial charge in [-0.15, -0.1) is 0 Å². The van der Waals surface area contributed by atoms with E-state index < -0.39 is 0 Å². The molecule has 0 radical (unpaired) electrons. The maximum Gasteiger partial charge on any atom is 0.282 e. The minimum absolute atomic E-state index is 0.220. The smallest absolute Gasteiger partial charge is 0.282 e. The quantitative estimate of drug-likeness (QED) is 0.253. The summed E-state index contributed by atoms with van der Waals surface area (Å²) in [7, 11) is 0. The molecule has 0 saturated heterocycles. The molecule has 39 heavy (non-hydrogen) atoms. The lowest BCUT2D eigenvalue weighted by Crippen LogP contribution is -2.20. The number of hydrogen-bond acceptors (Lipinski definition) is 7. The Morgan fingerprint density at radius 1 is 0.897 bits per heavy atom. The lowest BCUT2D eigenvalue weighted by Gasteiger charge is -2.10. The number of furan rings is 1. The molecule has 0 atom stereocenters. The average Bonchev–Trinajstić information content (AvgIpc) is 3.63. The number of aromatic nitrogens is 2. The van der Waals surface area contributed by atoms with Gasteiger partial charge in [-0.05, 0) is 54.1 Å². The Bertz CT molecular complexity index is 1910. The Hall–Kier alpha value is -5.37. The first-order chi connectivity index (χ1) is 19.2. The summed E-state index contributed by atoms with van der Waals surface area (Å²) in [5.41, 5.74) is 2.61. The Labute approximate surface area is 222 Å². The highest BCUT2D eigenvalue weighted by Crippen LogP contribution is 2.33. The molecule has 0 fully saturated rings. The van der Waals surface area contributed by atoms with Crippen molar-refractivity contribution in [2.75, 3.05) is 6.79 Å². The van der Waals surface area contributed by atoms with Crippen LogP contribution in [0.2, 0.25) is 0 Å². The molecule has 3 heterocycles.